The highest BCUT2D eigenvalue weighted by atomic mass is 16.2. The first-order valence-corrected chi connectivity index (χ1v) is 6.45. The van der Waals surface area contributed by atoms with Crippen LogP contribution in [0, 0.1) is 0 Å². The van der Waals surface area contributed by atoms with Gasteiger partial charge in [-0.15, -0.1) is 0 Å². The summed E-state index contributed by atoms with van der Waals surface area (Å²) in [6.07, 6.45) is 1.46. The number of Topliss-reactive ketones (excluding diaryl/α,β-unsaturated/α-hetero) is 1. The molecule has 0 aromatic heterocycles. The number of hydrogen-bond donors (Lipinski definition) is 3. The standard InChI is InChI=1S/C14H18N4O3/c15-14(16)17-8-4-7-11(9-19)18-13(21)12(20)10-5-2-1-3-6-10/h1-3,5-6,9,11H,4,7-8H2,(H,18,21)(H4,15,16,17)/t11-/m0/s1. The number of carbonyl (C=O) groups is 3. The number of amides is 1. The molecule has 7 heteroatoms. The summed E-state index contributed by atoms with van der Waals surface area (Å²) in [5.74, 6) is -1.51. The van der Waals surface area contributed by atoms with Gasteiger partial charge in [0, 0.05) is 12.1 Å². The van der Waals surface area contributed by atoms with Crippen molar-refractivity contribution in [3.8, 4) is 0 Å². The molecule has 7 nitrogen and oxygen atoms in total. The lowest BCUT2D eigenvalue weighted by Gasteiger charge is -2.11. The summed E-state index contributed by atoms with van der Waals surface area (Å²) in [6.45, 7) is 0.356. The highest BCUT2D eigenvalue weighted by Gasteiger charge is 2.19. The summed E-state index contributed by atoms with van der Waals surface area (Å²) >= 11 is 0. The number of benzene rings is 1. The minimum atomic E-state index is -0.805. The van der Waals surface area contributed by atoms with E-state index in [9.17, 15) is 14.4 Å². The van der Waals surface area contributed by atoms with Gasteiger partial charge in [-0.2, -0.15) is 0 Å². The summed E-state index contributed by atoms with van der Waals surface area (Å²) in [7, 11) is 0. The zero-order valence-electron chi connectivity index (χ0n) is 11.5. The monoisotopic (exact) mass is 290 g/mol. The molecule has 0 aliphatic carbocycles. The van der Waals surface area contributed by atoms with Gasteiger partial charge in [0.05, 0.1) is 6.04 Å². The minimum Gasteiger partial charge on any atom is -0.370 e. The summed E-state index contributed by atoms with van der Waals surface area (Å²) < 4.78 is 0. The van der Waals surface area contributed by atoms with Crippen LogP contribution in [0.5, 0.6) is 0 Å². The van der Waals surface area contributed by atoms with E-state index in [2.05, 4.69) is 10.3 Å². The SMILES string of the molecule is NC(N)=NCCC[C@@H](C=O)NC(=O)C(=O)c1ccccc1. The Kier molecular flexibility index (Phi) is 6.59. The Hall–Kier alpha value is -2.70. The van der Waals surface area contributed by atoms with Crippen molar-refractivity contribution in [1.82, 2.24) is 5.32 Å². The number of nitrogens with zero attached hydrogens (tertiary/aromatic N) is 1. The Morgan fingerprint density at radius 1 is 1.24 bits per heavy atom. The third-order valence-electron chi connectivity index (χ3n) is 2.69. The summed E-state index contributed by atoms with van der Waals surface area (Å²) in [6, 6.07) is 7.40. The lowest BCUT2D eigenvalue weighted by atomic mass is 10.1. The van der Waals surface area contributed by atoms with E-state index in [1.165, 1.54) is 12.1 Å². The van der Waals surface area contributed by atoms with E-state index in [1.807, 2.05) is 0 Å². The highest BCUT2D eigenvalue weighted by Crippen LogP contribution is 2.01. The fourth-order valence-corrected chi connectivity index (χ4v) is 1.65. The molecule has 0 fully saturated rings. The van der Waals surface area contributed by atoms with Gasteiger partial charge in [-0.3, -0.25) is 14.6 Å². The highest BCUT2D eigenvalue weighted by molar-refractivity contribution is 6.43. The van der Waals surface area contributed by atoms with Gasteiger partial charge in [0.15, 0.2) is 5.96 Å². The lowest BCUT2D eigenvalue weighted by molar-refractivity contribution is -0.120. The van der Waals surface area contributed by atoms with Crippen LogP contribution in [0.4, 0.5) is 0 Å². The van der Waals surface area contributed by atoms with Crippen molar-refractivity contribution < 1.29 is 14.4 Å². The van der Waals surface area contributed by atoms with Gasteiger partial charge in [0.25, 0.3) is 5.91 Å². The van der Waals surface area contributed by atoms with Crippen molar-refractivity contribution >= 4 is 23.9 Å². The normalized spacial score (nSPS) is 11.2. The number of hydrogen-bond acceptors (Lipinski definition) is 4. The van der Waals surface area contributed by atoms with Gasteiger partial charge < -0.3 is 21.6 Å². The first-order chi connectivity index (χ1) is 10.0. The van der Waals surface area contributed by atoms with Crippen molar-refractivity contribution in [2.24, 2.45) is 16.5 Å². The Morgan fingerprint density at radius 2 is 1.90 bits per heavy atom. The van der Waals surface area contributed by atoms with Gasteiger partial charge >= 0.3 is 0 Å². The number of aliphatic imine (C=N–C) groups is 1. The number of guanidine groups is 1. The van der Waals surface area contributed by atoms with Gasteiger partial charge in [0.2, 0.25) is 5.78 Å². The van der Waals surface area contributed by atoms with Crippen LogP contribution in [0.1, 0.15) is 23.2 Å². The van der Waals surface area contributed by atoms with E-state index in [0.717, 1.165) is 0 Å². The molecule has 0 bridgehead atoms. The van der Waals surface area contributed by atoms with Crippen molar-refractivity contribution in [2.75, 3.05) is 6.54 Å². The molecule has 0 heterocycles. The summed E-state index contributed by atoms with van der Waals surface area (Å²) in [5.41, 5.74) is 10.6. The van der Waals surface area contributed by atoms with Gasteiger partial charge in [-0.25, -0.2) is 0 Å². The van der Waals surface area contributed by atoms with Crippen LogP contribution >= 0.6 is 0 Å². The molecule has 21 heavy (non-hydrogen) atoms. The molecule has 0 saturated carbocycles. The Bertz CT molecular complexity index is 524. The number of ketones is 1. The molecule has 0 spiro atoms. The second kappa shape index (κ2) is 8.47. The Balaban J connectivity index is 2.49. The first kappa shape index (κ1) is 16.4. The van der Waals surface area contributed by atoms with Crippen molar-refractivity contribution in [3.63, 3.8) is 0 Å². The van der Waals surface area contributed by atoms with E-state index in [-0.39, 0.29) is 11.5 Å². The molecule has 1 aromatic rings. The molecule has 1 aromatic carbocycles. The number of aldehydes is 1. The van der Waals surface area contributed by atoms with E-state index in [4.69, 9.17) is 11.5 Å². The minimum absolute atomic E-state index is 0.0269. The summed E-state index contributed by atoms with van der Waals surface area (Å²) in [4.78, 5) is 38.3. The number of rotatable bonds is 8. The average Bonchev–Trinajstić information content (AvgIpc) is 2.49. The topological polar surface area (TPSA) is 128 Å². The smallest absolute Gasteiger partial charge is 0.292 e. The maximum atomic E-state index is 11.8. The van der Waals surface area contributed by atoms with E-state index < -0.39 is 17.7 Å². The molecule has 0 radical (unpaired) electrons. The molecule has 0 aliphatic rings. The molecule has 112 valence electrons. The number of carbonyl (C=O) groups excluding carboxylic acids is 3. The zero-order chi connectivity index (χ0) is 15.7. The quantitative estimate of drug-likeness (QED) is 0.150. The molecule has 1 atom stereocenters. The maximum Gasteiger partial charge on any atom is 0.292 e. The Morgan fingerprint density at radius 3 is 2.48 bits per heavy atom. The summed E-state index contributed by atoms with van der Waals surface area (Å²) in [5, 5.41) is 2.39. The molecular weight excluding hydrogens is 272 g/mol. The fraction of sp³-hybridized carbons (Fsp3) is 0.286. The molecule has 1 amide bonds. The molecule has 0 unspecified atom stereocenters. The van der Waals surface area contributed by atoms with Gasteiger partial charge in [-0.05, 0) is 12.8 Å². The molecule has 0 saturated heterocycles. The lowest BCUT2D eigenvalue weighted by Crippen LogP contribution is -2.40. The van der Waals surface area contributed by atoms with Crippen LogP contribution in [-0.2, 0) is 9.59 Å². The zero-order valence-corrected chi connectivity index (χ0v) is 11.5. The van der Waals surface area contributed by atoms with Crippen LogP contribution in [-0.4, -0.2) is 36.5 Å². The van der Waals surface area contributed by atoms with Crippen molar-refractivity contribution in [1.29, 1.82) is 0 Å². The van der Waals surface area contributed by atoms with Crippen LogP contribution < -0.4 is 16.8 Å². The van der Waals surface area contributed by atoms with Gasteiger partial charge in [-0.1, -0.05) is 30.3 Å². The second-order valence-corrected chi connectivity index (χ2v) is 4.36. The molecule has 0 aliphatic heterocycles. The van der Waals surface area contributed by atoms with Crippen LogP contribution in [0.3, 0.4) is 0 Å². The van der Waals surface area contributed by atoms with Gasteiger partial charge in [0.1, 0.15) is 6.29 Å². The predicted molar refractivity (Wildman–Crippen MR) is 78.7 cm³/mol. The van der Waals surface area contributed by atoms with E-state index in [0.29, 0.717) is 25.7 Å². The Labute approximate surface area is 122 Å². The van der Waals surface area contributed by atoms with Crippen molar-refractivity contribution in [2.45, 2.75) is 18.9 Å². The molecular formula is C14H18N4O3. The predicted octanol–water partition coefficient (Wildman–Crippen LogP) is -0.393. The van der Waals surface area contributed by atoms with Crippen LogP contribution in [0.2, 0.25) is 0 Å². The second-order valence-electron chi connectivity index (χ2n) is 4.36. The molecule has 5 N–H and O–H groups in total. The first-order valence-electron chi connectivity index (χ1n) is 6.45. The van der Waals surface area contributed by atoms with E-state index >= 15 is 0 Å². The van der Waals surface area contributed by atoms with Crippen LogP contribution in [0.15, 0.2) is 35.3 Å². The largest absolute Gasteiger partial charge is 0.370 e. The fourth-order valence-electron chi connectivity index (χ4n) is 1.65. The number of nitrogens with one attached hydrogen (secondary N) is 1. The average molecular weight is 290 g/mol. The number of nitrogens with two attached hydrogens (primary N) is 2. The maximum absolute atomic E-state index is 11.8. The third-order valence-corrected chi connectivity index (χ3v) is 2.69. The van der Waals surface area contributed by atoms with Crippen LogP contribution in [0.25, 0.3) is 0 Å². The van der Waals surface area contributed by atoms with Crippen molar-refractivity contribution in [3.05, 3.63) is 35.9 Å². The third kappa shape index (κ3) is 5.85. The molecule has 1 rings (SSSR count). The van der Waals surface area contributed by atoms with E-state index in [1.54, 1.807) is 18.2 Å².